The molecule has 0 saturated carbocycles. The quantitative estimate of drug-likeness (QED) is 0.706. The van der Waals surface area contributed by atoms with Crippen molar-refractivity contribution >= 4 is 17.0 Å². The van der Waals surface area contributed by atoms with Crippen molar-refractivity contribution in [1.82, 2.24) is 4.57 Å². The lowest BCUT2D eigenvalue weighted by Gasteiger charge is -2.12. The number of anilines is 1. The number of hydrogen-bond donors (Lipinski definition) is 2. The number of ether oxygens (including phenoxy) is 1. The van der Waals surface area contributed by atoms with E-state index < -0.39 is 6.10 Å². The fourth-order valence-electron chi connectivity index (χ4n) is 2.76. The van der Waals surface area contributed by atoms with Gasteiger partial charge >= 0.3 is 5.95 Å². The van der Waals surface area contributed by atoms with Crippen LogP contribution in [0.2, 0.25) is 0 Å². The normalized spacial score (nSPS) is 12.5. The van der Waals surface area contributed by atoms with Crippen molar-refractivity contribution in [2.75, 3.05) is 12.3 Å². The molecule has 23 heavy (non-hydrogen) atoms. The highest BCUT2D eigenvalue weighted by molar-refractivity contribution is 5.73. The van der Waals surface area contributed by atoms with Gasteiger partial charge in [0.2, 0.25) is 0 Å². The van der Waals surface area contributed by atoms with Gasteiger partial charge in [-0.15, -0.1) is 0 Å². The van der Waals surface area contributed by atoms with E-state index in [1.165, 1.54) is 0 Å². The highest BCUT2D eigenvalue weighted by atomic mass is 16.5. The van der Waals surface area contributed by atoms with E-state index >= 15 is 0 Å². The van der Waals surface area contributed by atoms with Gasteiger partial charge in [-0.05, 0) is 36.8 Å². The zero-order chi connectivity index (χ0) is 16.4. The van der Waals surface area contributed by atoms with Crippen molar-refractivity contribution in [3.05, 3.63) is 54.1 Å². The summed E-state index contributed by atoms with van der Waals surface area (Å²) >= 11 is 0. The number of nitrogen functional groups attached to an aromatic ring is 1. The number of para-hydroxylation sites is 2. The Balaban J connectivity index is 1.73. The van der Waals surface area contributed by atoms with Crippen molar-refractivity contribution < 1.29 is 14.4 Å². The first-order valence-corrected chi connectivity index (χ1v) is 7.66. The fraction of sp³-hybridized carbons (Fsp3) is 0.278. The molecule has 0 bridgehead atoms. The third-order valence-electron chi connectivity index (χ3n) is 3.98. The largest absolute Gasteiger partial charge is 0.491 e. The zero-order valence-corrected chi connectivity index (χ0v) is 13.4. The second-order valence-corrected chi connectivity index (χ2v) is 5.80. The molecule has 0 fully saturated rings. The van der Waals surface area contributed by atoms with Gasteiger partial charge in [-0.2, -0.15) is 0 Å². The number of aliphatic hydroxyl groups is 1. The maximum absolute atomic E-state index is 10.3. The Labute approximate surface area is 135 Å². The van der Waals surface area contributed by atoms with Crippen LogP contribution in [-0.2, 0) is 13.6 Å². The minimum absolute atomic E-state index is 0.221. The van der Waals surface area contributed by atoms with E-state index in [-0.39, 0.29) is 6.61 Å². The fourth-order valence-corrected chi connectivity index (χ4v) is 2.76. The number of hydrogen-bond acceptors (Lipinski definition) is 3. The number of aromatic nitrogens is 2. The first-order chi connectivity index (χ1) is 11.1. The number of aryl methyl sites for hydroxylation is 2. The van der Waals surface area contributed by atoms with Crippen LogP contribution in [0.1, 0.15) is 5.56 Å². The highest BCUT2D eigenvalue weighted by Crippen LogP contribution is 2.17. The summed E-state index contributed by atoms with van der Waals surface area (Å²) in [7, 11) is 1.92. The molecule has 5 heteroatoms. The maximum Gasteiger partial charge on any atom is 0.355 e. The minimum atomic E-state index is -0.645. The molecule has 120 valence electrons. The Hall–Kier alpha value is -2.53. The van der Waals surface area contributed by atoms with Crippen LogP contribution in [0.25, 0.3) is 11.0 Å². The molecule has 0 aliphatic carbocycles. The highest BCUT2D eigenvalue weighted by Gasteiger charge is 2.20. The van der Waals surface area contributed by atoms with Crippen molar-refractivity contribution in [3.8, 4) is 5.75 Å². The van der Waals surface area contributed by atoms with Crippen LogP contribution in [0.4, 0.5) is 5.95 Å². The molecule has 0 radical (unpaired) electrons. The van der Waals surface area contributed by atoms with Gasteiger partial charge in [-0.3, -0.25) is 5.73 Å². The SMILES string of the molecule is Cc1cccc(OC[C@H](O)Cn2c(N)[n+](C)c3ccccc32)c1. The van der Waals surface area contributed by atoms with Crippen molar-refractivity contribution in [3.63, 3.8) is 0 Å². The van der Waals surface area contributed by atoms with E-state index in [0.717, 1.165) is 22.3 Å². The molecule has 0 amide bonds. The lowest BCUT2D eigenvalue weighted by Crippen LogP contribution is -2.32. The summed E-state index contributed by atoms with van der Waals surface area (Å²) < 4.78 is 9.50. The molecule has 2 aromatic carbocycles. The number of aliphatic hydroxyl groups excluding tert-OH is 1. The molecule has 0 aliphatic rings. The average molecular weight is 312 g/mol. The van der Waals surface area contributed by atoms with E-state index in [1.54, 1.807) is 0 Å². The Bertz CT molecular complexity index is 826. The molecule has 3 aromatic rings. The van der Waals surface area contributed by atoms with Gasteiger partial charge < -0.3 is 9.84 Å². The van der Waals surface area contributed by atoms with Gasteiger partial charge in [0.25, 0.3) is 0 Å². The molecular formula is C18H22N3O2+. The van der Waals surface area contributed by atoms with E-state index in [9.17, 15) is 5.11 Å². The first-order valence-electron chi connectivity index (χ1n) is 7.66. The molecular weight excluding hydrogens is 290 g/mol. The Morgan fingerprint density at radius 3 is 2.78 bits per heavy atom. The Morgan fingerprint density at radius 1 is 1.22 bits per heavy atom. The summed E-state index contributed by atoms with van der Waals surface area (Å²) in [5.74, 6) is 1.38. The van der Waals surface area contributed by atoms with Crippen molar-refractivity contribution in [2.45, 2.75) is 19.6 Å². The Morgan fingerprint density at radius 2 is 2.00 bits per heavy atom. The van der Waals surface area contributed by atoms with Crippen molar-refractivity contribution in [2.24, 2.45) is 7.05 Å². The molecule has 1 aromatic heterocycles. The molecule has 0 aliphatic heterocycles. The van der Waals surface area contributed by atoms with Crippen LogP contribution in [0.3, 0.4) is 0 Å². The van der Waals surface area contributed by atoms with Gasteiger partial charge in [0, 0.05) is 0 Å². The Kier molecular flexibility index (Phi) is 4.21. The molecule has 1 heterocycles. The number of nitrogens with zero attached hydrogens (tertiary/aromatic N) is 2. The summed E-state index contributed by atoms with van der Waals surface area (Å²) in [5, 5.41) is 10.3. The van der Waals surface area contributed by atoms with Crippen LogP contribution in [0, 0.1) is 6.92 Å². The zero-order valence-electron chi connectivity index (χ0n) is 13.4. The summed E-state index contributed by atoms with van der Waals surface area (Å²) in [6.07, 6.45) is -0.645. The molecule has 5 nitrogen and oxygen atoms in total. The minimum Gasteiger partial charge on any atom is -0.491 e. The lowest BCUT2D eigenvalue weighted by atomic mass is 10.2. The number of rotatable bonds is 5. The second-order valence-electron chi connectivity index (χ2n) is 5.80. The number of imidazole rings is 1. The topological polar surface area (TPSA) is 64.3 Å². The monoisotopic (exact) mass is 312 g/mol. The number of benzene rings is 2. The predicted molar refractivity (Wildman–Crippen MR) is 90.2 cm³/mol. The van der Waals surface area contributed by atoms with Crippen LogP contribution < -0.4 is 15.0 Å². The van der Waals surface area contributed by atoms with Crippen LogP contribution >= 0.6 is 0 Å². The molecule has 0 saturated heterocycles. The smallest absolute Gasteiger partial charge is 0.355 e. The van der Waals surface area contributed by atoms with Crippen LogP contribution in [0.5, 0.6) is 5.75 Å². The maximum atomic E-state index is 10.3. The number of nitrogens with two attached hydrogens (primary N) is 1. The van der Waals surface area contributed by atoms with Gasteiger partial charge in [0.1, 0.15) is 36.0 Å². The van der Waals surface area contributed by atoms with E-state index in [1.807, 2.05) is 71.6 Å². The van der Waals surface area contributed by atoms with Gasteiger partial charge in [0.05, 0.1) is 7.05 Å². The molecule has 0 unspecified atom stereocenters. The van der Waals surface area contributed by atoms with Crippen LogP contribution in [0.15, 0.2) is 48.5 Å². The lowest BCUT2D eigenvalue weighted by molar-refractivity contribution is -0.630. The third-order valence-corrected chi connectivity index (χ3v) is 3.98. The van der Waals surface area contributed by atoms with Crippen molar-refractivity contribution in [1.29, 1.82) is 0 Å². The van der Waals surface area contributed by atoms with E-state index in [2.05, 4.69) is 0 Å². The molecule has 3 rings (SSSR count). The van der Waals surface area contributed by atoms with Gasteiger partial charge in [0.15, 0.2) is 0 Å². The number of fused-ring (bicyclic) bond motifs is 1. The summed E-state index contributed by atoms with van der Waals surface area (Å²) in [4.78, 5) is 0. The summed E-state index contributed by atoms with van der Waals surface area (Å²) in [6, 6.07) is 15.7. The van der Waals surface area contributed by atoms with E-state index in [0.29, 0.717) is 12.5 Å². The van der Waals surface area contributed by atoms with E-state index in [4.69, 9.17) is 10.5 Å². The summed E-state index contributed by atoms with van der Waals surface area (Å²) in [5.41, 5.74) is 9.33. The molecule has 3 N–H and O–H groups in total. The first kappa shape index (κ1) is 15.4. The second kappa shape index (κ2) is 6.30. The molecule has 1 atom stereocenters. The molecule has 0 spiro atoms. The summed E-state index contributed by atoms with van der Waals surface area (Å²) in [6.45, 7) is 2.62. The average Bonchev–Trinajstić information content (AvgIpc) is 2.79. The predicted octanol–water partition coefficient (Wildman–Crippen LogP) is 1.80. The standard InChI is InChI=1S/C18H21N3O2/c1-13-6-5-7-15(10-13)23-12-14(22)11-21-17-9-4-3-8-16(17)20(2)18(21)19/h3-10,14,19,22H,11-12H2,1-2H3/p+1/t14-/m1/s1. The van der Waals surface area contributed by atoms with Crippen LogP contribution in [-0.4, -0.2) is 22.4 Å². The third kappa shape index (κ3) is 3.14. The van der Waals surface area contributed by atoms with Gasteiger partial charge in [-0.1, -0.05) is 24.3 Å². The van der Waals surface area contributed by atoms with Gasteiger partial charge in [-0.25, -0.2) is 9.13 Å².